The summed E-state index contributed by atoms with van der Waals surface area (Å²) in [4.78, 5) is 25.3. The quantitative estimate of drug-likeness (QED) is 0.788. The molecule has 0 aromatic heterocycles. The van der Waals surface area contributed by atoms with Gasteiger partial charge in [-0.25, -0.2) is 4.79 Å². The second-order valence-corrected chi connectivity index (χ2v) is 6.09. The predicted octanol–water partition coefficient (Wildman–Crippen LogP) is 2.96. The number of fused-ring (bicyclic) bond motifs is 1. The van der Waals surface area contributed by atoms with Crippen LogP contribution < -0.4 is 10.6 Å². The molecule has 2 N–H and O–H groups in total. The minimum absolute atomic E-state index is 0.0828. The Kier molecular flexibility index (Phi) is 4.21. The Bertz CT molecular complexity index is 744. The Morgan fingerprint density at radius 1 is 1.46 bits per heavy atom. The average Bonchev–Trinajstić information content (AvgIpc) is 3.33. The Morgan fingerprint density at radius 2 is 2.25 bits per heavy atom. The van der Waals surface area contributed by atoms with Crippen LogP contribution in [0.25, 0.3) is 0 Å². The predicted molar refractivity (Wildman–Crippen MR) is 90.4 cm³/mol. The first-order valence-corrected chi connectivity index (χ1v) is 7.84. The molecular formula is C17H19N5O2. The van der Waals surface area contributed by atoms with E-state index in [0.29, 0.717) is 37.9 Å². The molecule has 0 spiro atoms. The molecule has 7 nitrogen and oxygen atoms in total. The van der Waals surface area contributed by atoms with Gasteiger partial charge < -0.3 is 15.5 Å². The summed E-state index contributed by atoms with van der Waals surface area (Å²) in [5.41, 5.74) is 2.02. The van der Waals surface area contributed by atoms with Gasteiger partial charge in [-0.05, 0) is 23.8 Å². The van der Waals surface area contributed by atoms with Gasteiger partial charge in [-0.3, -0.25) is 4.79 Å². The van der Waals surface area contributed by atoms with E-state index in [4.69, 9.17) is 6.42 Å². The van der Waals surface area contributed by atoms with Crippen molar-refractivity contribution in [2.75, 3.05) is 17.7 Å². The third kappa shape index (κ3) is 3.54. The molecule has 0 radical (unpaired) electrons. The zero-order valence-electron chi connectivity index (χ0n) is 13.5. The number of amides is 3. The molecule has 3 amide bonds. The fraction of sp³-hybridized carbons (Fsp3) is 0.412. The van der Waals surface area contributed by atoms with Crippen LogP contribution in [0.2, 0.25) is 0 Å². The molecule has 0 atom stereocenters. The van der Waals surface area contributed by atoms with Crippen LogP contribution in [0, 0.1) is 12.3 Å². The van der Waals surface area contributed by atoms with Crippen molar-refractivity contribution in [3.05, 3.63) is 23.8 Å². The van der Waals surface area contributed by atoms with Gasteiger partial charge in [0.1, 0.15) is 0 Å². The highest BCUT2D eigenvalue weighted by Gasteiger charge is 2.39. The van der Waals surface area contributed by atoms with Crippen LogP contribution in [0.4, 0.5) is 16.2 Å². The molecule has 0 fully saturated rings. The summed E-state index contributed by atoms with van der Waals surface area (Å²) in [6.07, 6.45) is 7.47. The second-order valence-electron chi connectivity index (χ2n) is 6.09. The number of urea groups is 1. The molecule has 24 heavy (non-hydrogen) atoms. The molecule has 1 aromatic carbocycles. The lowest BCUT2D eigenvalue weighted by atomic mass is 10.0. The Hall–Kier alpha value is -2.88. The second kappa shape index (κ2) is 6.32. The molecule has 1 aromatic rings. The van der Waals surface area contributed by atoms with Gasteiger partial charge in [-0.2, -0.15) is 10.2 Å². The number of hydrogen-bond acceptors (Lipinski definition) is 4. The minimum atomic E-state index is -0.438. The van der Waals surface area contributed by atoms with E-state index in [1.54, 1.807) is 24.1 Å². The SMILES string of the molecule is C#CCCC1(CCC(=O)Nc2ccc3c(c2)CN(C)C(=O)N3)N=N1. The Labute approximate surface area is 140 Å². The molecule has 2 aliphatic heterocycles. The summed E-state index contributed by atoms with van der Waals surface area (Å²) in [7, 11) is 1.72. The highest BCUT2D eigenvalue weighted by molar-refractivity contribution is 5.94. The standard InChI is InChI=1S/C17H19N5O2/c1-3-4-8-17(20-21-17)9-7-15(23)18-13-5-6-14-12(10-13)11-22(2)16(24)19-14/h1,5-6,10H,4,7-9,11H2,2H3,(H,18,23)(H,19,24). The molecule has 3 rings (SSSR count). The zero-order valence-corrected chi connectivity index (χ0v) is 13.5. The Balaban J connectivity index is 1.55. The number of rotatable bonds is 6. The highest BCUT2D eigenvalue weighted by atomic mass is 16.2. The van der Waals surface area contributed by atoms with E-state index in [9.17, 15) is 9.59 Å². The summed E-state index contributed by atoms with van der Waals surface area (Å²) < 4.78 is 0. The maximum atomic E-state index is 12.1. The normalized spacial score (nSPS) is 16.8. The lowest BCUT2D eigenvalue weighted by molar-refractivity contribution is -0.116. The molecule has 124 valence electrons. The molecule has 0 unspecified atom stereocenters. The van der Waals surface area contributed by atoms with Crippen molar-refractivity contribution >= 4 is 23.3 Å². The van der Waals surface area contributed by atoms with Crippen molar-refractivity contribution < 1.29 is 9.59 Å². The van der Waals surface area contributed by atoms with Gasteiger partial charge >= 0.3 is 6.03 Å². The first kappa shape index (κ1) is 16.0. The Morgan fingerprint density at radius 3 is 2.96 bits per heavy atom. The molecule has 0 saturated carbocycles. The zero-order chi connectivity index (χ0) is 17.2. The number of nitrogens with zero attached hydrogens (tertiary/aromatic N) is 3. The van der Waals surface area contributed by atoms with Gasteiger partial charge in [-0.15, -0.1) is 12.3 Å². The van der Waals surface area contributed by atoms with Crippen molar-refractivity contribution in [2.45, 2.75) is 37.9 Å². The van der Waals surface area contributed by atoms with E-state index in [1.165, 1.54) is 0 Å². The fourth-order valence-corrected chi connectivity index (χ4v) is 2.67. The van der Waals surface area contributed by atoms with Gasteiger partial charge in [0.25, 0.3) is 0 Å². The maximum Gasteiger partial charge on any atom is 0.321 e. The number of benzene rings is 1. The van der Waals surface area contributed by atoms with Crippen LogP contribution in [0.15, 0.2) is 28.4 Å². The maximum absolute atomic E-state index is 12.1. The molecule has 7 heteroatoms. The molecule has 0 bridgehead atoms. The average molecular weight is 325 g/mol. The van der Waals surface area contributed by atoms with E-state index >= 15 is 0 Å². The van der Waals surface area contributed by atoms with E-state index in [2.05, 4.69) is 26.8 Å². The molecule has 2 aliphatic rings. The topological polar surface area (TPSA) is 86.2 Å². The monoisotopic (exact) mass is 325 g/mol. The van der Waals surface area contributed by atoms with Crippen LogP contribution >= 0.6 is 0 Å². The van der Waals surface area contributed by atoms with Crippen LogP contribution in [0.5, 0.6) is 0 Å². The van der Waals surface area contributed by atoms with Crippen LogP contribution in [0.3, 0.4) is 0 Å². The lowest BCUT2D eigenvalue weighted by Crippen LogP contribution is -2.35. The molecule has 0 saturated heterocycles. The first-order chi connectivity index (χ1) is 11.5. The smallest absolute Gasteiger partial charge is 0.321 e. The summed E-state index contributed by atoms with van der Waals surface area (Å²) in [5.74, 6) is 2.49. The third-order valence-corrected chi connectivity index (χ3v) is 4.19. The van der Waals surface area contributed by atoms with Crippen molar-refractivity contribution in [1.29, 1.82) is 0 Å². The van der Waals surface area contributed by atoms with Crippen molar-refractivity contribution in [3.8, 4) is 12.3 Å². The summed E-state index contributed by atoms with van der Waals surface area (Å²) in [6.45, 7) is 0.512. The molecule has 2 heterocycles. The number of anilines is 2. The van der Waals surface area contributed by atoms with Gasteiger partial charge in [0.15, 0.2) is 5.66 Å². The van der Waals surface area contributed by atoms with Crippen molar-refractivity contribution in [3.63, 3.8) is 0 Å². The highest BCUT2D eigenvalue weighted by Crippen LogP contribution is 2.37. The first-order valence-electron chi connectivity index (χ1n) is 7.84. The van der Waals surface area contributed by atoms with E-state index in [0.717, 1.165) is 11.3 Å². The van der Waals surface area contributed by atoms with Crippen molar-refractivity contribution in [2.24, 2.45) is 10.2 Å². The van der Waals surface area contributed by atoms with E-state index in [-0.39, 0.29) is 11.9 Å². The number of carbonyl (C=O) groups excluding carboxylic acids is 2. The van der Waals surface area contributed by atoms with Gasteiger partial charge in [0.05, 0.1) is 0 Å². The number of nitrogens with one attached hydrogen (secondary N) is 2. The molecule has 0 aliphatic carbocycles. The van der Waals surface area contributed by atoms with Crippen LogP contribution in [-0.4, -0.2) is 29.5 Å². The van der Waals surface area contributed by atoms with Gasteiger partial charge in [0.2, 0.25) is 5.91 Å². The largest absolute Gasteiger partial charge is 0.326 e. The summed E-state index contributed by atoms with van der Waals surface area (Å²) in [6, 6.07) is 5.33. The van der Waals surface area contributed by atoms with E-state index < -0.39 is 5.66 Å². The van der Waals surface area contributed by atoms with E-state index in [1.807, 2.05) is 6.07 Å². The lowest BCUT2D eigenvalue weighted by Gasteiger charge is -2.26. The van der Waals surface area contributed by atoms with Crippen LogP contribution in [-0.2, 0) is 11.3 Å². The number of carbonyl (C=O) groups is 2. The third-order valence-electron chi connectivity index (χ3n) is 4.19. The fourth-order valence-electron chi connectivity index (χ4n) is 2.67. The van der Waals surface area contributed by atoms with Crippen molar-refractivity contribution in [1.82, 2.24) is 4.90 Å². The summed E-state index contributed by atoms with van der Waals surface area (Å²) in [5, 5.41) is 13.7. The van der Waals surface area contributed by atoms with Gasteiger partial charge in [0, 0.05) is 50.7 Å². The minimum Gasteiger partial charge on any atom is -0.326 e. The molecular weight excluding hydrogens is 306 g/mol. The number of terminal acetylenes is 1. The summed E-state index contributed by atoms with van der Waals surface area (Å²) >= 11 is 0. The number of hydrogen-bond donors (Lipinski definition) is 2. The van der Waals surface area contributed by atoms with Gasteiger partial charge in [-0.1, -0.05) is 0 Å². The van der Waals surface area contributed by atoms with Crippen LogP contribution in [0.1, 0.15) is 31.2 Å².